The van der Waals surface area contributed by atoms with Gasteiger partial charge in [0, 0.05) is 10.0 Å². The Labute approximate surface area is 141 Å². The summed E-state index contributed by atoms with van der Waals surface area (Å²) in [6.45, 7) is 2.55. The minimum Gasteiger partial charge on any atom is -0.494 e. The highest BCUT2D eigenvalue weighted by Crippen LogP contribution is 2.33. The summed E-state index contributed by atoms with van der Waals surface area (Å²) < 4.78 is 20.6. The molecule has 0 aliphatic carbocycles. The third-order valence-corrected chi connectivity index (χ3v) is 4.25. The van der Waals surface area contributed by atoms with Gasteiger partial charge in [-0.25, -0.2) is 4.39 Å². The Kier molecular flexibility index (Phi) is 5.79. The summed E-state index contributed by atoms with van der Waals surface area (Å²) >= 11 is 6.73. The molecule has 2 aromatic rings. The molecule has 0 aliphatic heterocycles. The van der Waals surface area contributed by atoms with E-state index in [1.807, 2.05) is 32.2 Å². The number of hydrogen-bond donors (Lipinski definition) is 1. The van der Waals surface area contributed by atoms with Crippen LogP contribution in [0.5, 0.6) is 5.75 Å². The molecule has 0 bridgehead atoms. The molecule has 0 heterocycles. The number of benzene rings is 2. The predicted molar refractivity (Wildman–Crippen MR) is 90.3 cm³/mol. The van der Waals surface area contributed by atoms with Crippen LogP contribution in [0.4, 0.5) is 4.39 Å². The van der Waals surface area contributed by atoms with Crippen molar-refractivity contribution < 1.29 is 9.13 Å². The van der Waals surface area contributed by atoms with Crippen molar-refractivity contribution >= 4 is 31.9 Å². The van der Waals surface area contributed by atoms with Crippen molar-refractivity contribution in [2.45, 2.75) is 13.0 Å². The largest absolute Gasteiger partial charge is 0.494 e. The molecule has 0 aromatic heterocycles. The van der Waals surface area contributed by atoms with Crippen LogP contribution in [0.2, 0.25) is 0 Å². The van der Waals surface area contributed by atoms with Crippen molar-refractivity contribution in [2.24, 2.45) is 0 Å². The molecule has 2 nitrogen and oxygen atoms in total. The third kappa shape index (κ3) is 3.84. The first-order valence-corrected chi connectivity index (χ1v) is 8.19. The highest BCUT2D eigenvalue weighted by molar-refractivity contribution is 9.10. The zero-order valence-corrected chi connectivity index (χ0v) is 15.0. The van der Waals surface area contributed by atoms with Gasteiger partial charge < -0.3 is 10.1 Å². The monoisotopic (exact) mass is 415 g/mol. The predicted octanol–water partition coefficient (Wildman–Crippen LogP) is 5.06. The number of ether oxygens (including phenoxy) is 1. The molecule has 0 saturated heterocycles. The maximum atomic E-state index is 13.4. The average molecular weight is 417 g/mol. The maximum absolute atomic E-state index is 13.4. The second-order valence-corrected chi connectivity index (χ2v) is 6.28. The average Bonchev–Trinajstić information content (AvgIpc) is 2.46. The fraction of sp³-hybridized carbons (Fsp3) is 0.250. The number of hydrogen-bond acceptors (Lipinski definition) is 2. The van der Waals surface area contributed by atoms with Crippen LogP contribution in [0, 0.1) is 5.82 Å². The molecule has 0 spiro atoms. The van der Waals surface area contributed by atoms with Crippen molar-refractivity contribution in [3.05, 3.63) is 62.3 Å². The van der Waals surface area contributed by atoms with E-state index in [1.54, 1.807) is 12.1 Å². The summed E-state index contributed by atoms with van der Waals surface area (Å²) in [5.74, 6) is 0.549. The van der Waals surface area contributed by atoms with Crippen LogP contribution in [0.15, 0.2) is 45.3 Å². The Hall–Kier alpha value is -0.910. The quantitative estimate of drug-likeness (QED) is 0.735. The Bertz CT molecular complexity index is 634. The van der Waals surface area contributed by atoms with E-state index in [9.17, 15) is 4.39 Å². The standard InChI is InChI=1S/C16H16Br2FNO/c1-3-21-15-7-5-11(17)9-12(15)16(20-2)10-4-6-14(19)13(18)8-10/h4-9,16,20H,3H2,1-2H3. The second-order valence-electron chi connectivity index (χ2n) is 4.51. The first kappa shape index (κ1) is 16.5. The number of rotatable bonds is 5. The molecule has 2 rings (SSSR count). The molecule has 1 atom stereocenters. The fourth-order valence-electron chi connectivity index (χ4n) is 2.23. The lowest BCUT2D eigenvalue weighted by Crippen LogP contribution is -2.19. The molecule has 1 N–H and O–H groups in total. The lowest BCUT2D eigenvalue weighted by molar-refractivity contribution is 0.334. The molecule has 0 aliphatic rings. The van der Waals surface area contributed by atoms with Gasteiger partial charge >= 0.3 is 0 Å². The Balaban J connectivity index is 2.49. The van der Waals surface area contributed by atoms with Gasteiger partial charge in [0.25, 0.3) is 0 Å². The fourth-order valence-corrected chi connectivity index (χ4v) is 3.00. The molecule has 0 amide bonds. The Morgan fingerprint density at radius 3 is 2.57 bits per heavy atom. The summed E-state index contributed by atoms with van der Waals surface area (Å²) in [4.78, 5) is 0. The topological polar surface area (TPSA) is 21.3 Å². The van der Waals surface area contributed by atoms with Crippen molar-refractivity contribution in [3.63, 3.8) is 0 Å². The summed E-state index contributed by atoms with van der Waals surface area (Å²) in [7, 11) is 1.87. The molecule has 112 valence electrons. The van der Waals surface area contributed by atoms with Gasteiger partial charge in [-0.3, -0.25) is 0 Å². The van der Waals surface area contributed by atoms with Crippen LogP contribution in [-0.2, 0) is 0 Å². The van der Waals surface area contributed by atoms with Gasteiger partial charge in [0.15, 0.2) is 0 Å². The van der Waals surface area contributed by atoms with Crippen molar-refractivity contribution in [1.82, 2.24) is 5.32 Å². The molecule has 0 fully saturated rings. The number of nitrogens with one attached hydrogen (secondary N) is 1. The molecule has 0 radical (unpaired) electrons. The van der Waals surface area contributed by atoms with Crippen LogP contribution >= 0.6 is 31.9 Å². The van der Waals surface area contributed by atoms with Gasteiger partial charge in [0.1, 0.15) is 11.6 Å². The summed E-state index contributed by atoms with van der Waals surface area (Å²) in [5, 5.41) is 3.26. The summed E-state index contributed by atoms with van der Waals surface area (Å²) in [6, 6.07) is 10.8. The Morgan fingerprint density at radius 2 is 1.95 bits per heavy atom. The van der Waals surface area contributed by atoms with Crippen LogP contribution < -0.4 is 10.1 Å². The molecular weight excluding hydrogens is 401 g/mol. The maximum Gasteiger partial charge on any atom is 0.137 e. The van der Waals surface area contributed by atoms with E-state index in [0.29, 0.717) is 11.1 Å². The van der Waals surface area contributed by atoms with Gasteiger partial charge in [-0.15, -0.1) is 0 Å². The van der Waals surface area contributed by atoms with Crippen LogP contribution in [0.25, 0.3) is 0 Å². The van der Waals surface area contributed by atoms with Gasteiger partial charge in [0.2, 0.25) is 0 Å². The van der Waals surface area contributed by atoms with E-state index in [4.69, 9.17) is 4.74 Å². The lowest BCUT2D eigenvalue weighted by Gasteiger charge is -2.21. The second kappa shape index (κ2) is 7.38. The van der Waals surface area contributed by atoms with Gasteiger partial charge in [-0.1, -0.05) is 22.0 Å². The Morgan fingerprint density at radius 1 is 1.19 bits per heavy atom. The normalized spacial score (nSPS) is 12.2. The van der Waals surface area contributed by atoms with E-state index in [0.717, 1.165) is 21.3 Å². The van der Waals surface area contributed by atoms with Crippen molar-refractivity contribution in [2.75, 3.05) is 13.7 Å². The van der Waals surface area contributed by atoms with Gasteiger partial charge in [-0.2, -0.15) is 0 Å². The van der Waals surface area contributed by atoms with Crippen LogP contribution in [0.1, 0.15) is 24.1 Å². The van der Waals surface area contributed by atoms with Crippen molar-refractivity contribution in [3.8, 4) is 5.75 Å². The molecule has 0 saturated carbocycles. The van der Waals surface area contributed by atoms with E-state index < -0.39 is 0 Å². The highest BCUT2D eigenvalue weighted by atomic mass is 79.9. The van der Waals surface area contributed by atoms with Gasteiger partial charge in [0.05, 0.1) is 17.1 Å². The molecule has 21 heavy (non-hydrogen) atoms. The van der Waals surface area contributed by atoms with Gasteiger partial charge in [-0.05, 0) is 65.8 Å². The van der Waals surface area contributed by atoms with E-state index >= 15 is 0 Å². The first-order valence-electron chi connectivity index (χ1n) is 6.61. The van der Waals surface area contributed by atoms with Crippen LogP contribution in [0.3, 0.4) is 0 Å². The van der Waals surface area contributed by atoms with E-state index in [2.05, 4.69) is 37.2 Å². The minimum atomic E-state index is -0.270. The smallest absolute Gasteiger partial charge is 0.137 e. The lowest BCUT2D eigenvalue weighted by atomic mass is 9.98. The summed E-state index contributed by atoms with van der Waals surface area (Å²) in [6.07, 6.45) is 0. The number of halogens is 3. The van der Waals surface area contributed by atoms with E-state index in [1.165, 1.54) is 6.07 Å². The first-order chi connectivity index (χ1) is 10.1. The molecular formula is C16H16Br2FNO. The van der Waals surface area contributed by atoms with Crippen molar-refractivity contribution in [1.29, 1.82) is 0 Å². The zero-order valence-electron chi connectivity index (χ0n) is 11.8. The molecule has 2 aromatic carbocycles. The SMILES string of the molecule is CCOc1ccc(Br)cc1C(NC)c1ccc(F)c(Br)c1. The molecule has 1 unspecified atom stereocenters. The minimum absolute atomic E-state index is 0.0825. The summed E-state index contributed by atoms with van der Waals surface area (Å²) in [5.41, 5.74) is 1.97. The highest BCUT2D eigenvalue weighted by Gasteiger charge is 2.18. The zero-order chi connectivity index (χ0) is 15.4. The van der Waals surface area contributed by atoms with Crippen LogP contribution in [-0.4, -0.2) is 13.7 Å². The van der Waals surface area contributed by atoms with E-state index in [-0.39, 0.29) is 11.9 Å². The molecule has 5 heteroatoms. The third-order valence-electron chi connectivity index (χ3n) is 3.15.